The summed E-state index contributed by atoms with van der Waals surface area (Å²) in [6.45, 7) is 6.40. The molecular weight excluding hydrogens is 769 g/mol. The summed E-state index contributed by atoms with van der Waals surface area (Å²) in [5.41, 5.74) is 0. The van der Waals surface area contributed by atoms with E-state index in [1.54, 1.807) is 0 Å². The van der Waals surface area contributed by atoms with Crippen LogP contribution in [-0.2, 0) is 28.6 Å². The fourth-order valence-corrected chi connectivity index (χ4v) is 7.38. The van der Waals surface area contributed by atoms with Crippen LogP contribution in [0.25, 0.3) is 0 Å². The fourth-order valence-electron chi connectivity index (χ4n) is 7.38. The maximum absolute atomic E-state index is 12.8. The summed E-state index contributed by atoms with van der Waals surface area (Å²) in [7, 11) is 0. The van der Waals surface area contributed by atoms with Crippen LogP contribution in [-0.4, -0.2) is 37.2 Å². The van der Waals surface area contributed by atoms with Crippen LogP contribution in [0.2, 0.25) is 0 Å². The van der Waals surface area contributed by atoms with Gasteiger partial charge in [-0.25, -0.2) is 0 Å². The van der Waals surface area contributed by atoms with Crippen molar-refractivity contribution in [2.24, 2.45) is 0 Å². The van der Waals surface area contributed by atoms with Crippen molar-refractivity contribution in [3.63, 3.8) is 0 Å². The first-order valence-corrected chi connectivity index (χ1v) is 26.3. The van der Waals surface area contributed by atoms with E-state index in [1.165, 1.54) is 96.3 Å². The molecular formula is C56H98O6. The normalized spacial score (nSPS) is 12.5. The third-order valence-corrected chi connectivity index (χ3v) is 11.3. The molecule has 1 unspecified atom stereocenters. The maximum atomic E-state index is 12.8. The Labute approximate surface area is 383 Å². The molecule has 0 saturated heterocycles. The number of allylic oxidation sites excluding steroid dienone is 10. The van der Waals surface area contributed by atoms with Crippen molar-refractivity contribution in [1.82, 2.24) is 0 Å². The minimum Gasteiger partial charge on any atom is -0.462 e. The first-order chi connectivity index (χ1) is 30.5. The molecule has 0 aromatic rings. The number of carbonyl (C=O) groups is 3. The molecule has 0 aromatic carbocycles. The zero-order valence-electron chi connectivity index (χ0n) is 40.9. The van der Waals surface area contributed by atoms with E-state index >= 15 is 0 Å². The standard InChI is InChI=1S/C56H98O6/c1-4-7-10-13-16-19-22-25-27-28-29-30-32-34-37-40-43-46-49-55(58)61-52-53(51-60-54(57)48-45-42-39-36-33-24-21-18-15-12-9-6-3)62-56(59)50-47-44-41-38-35-31-26-23-20-17-14-11-8-5-2/h8-9,11-12,17-18,20-21,26,31,53H,4-7,10,13-16,19,22-25,27-30,32-52H2,1-3H3/b11-8-,12-9-,20-17-,21-18-,31-26-. The van der Waals surface area contributed by atoms with E-state index < -0.39 is 6.10 Å². The van der Waals surface area contributed by atoms with E-state index in [0.29, 0.717) is 19.3 Å². The predicted molar refractivity (Wildman–Crippen MR) is 265 cm³/mol. The lowest BCUT2D eigenvalue weighted by molar-refractivity contribution is -0.167. The molecule has 0 amide bonds. The van der Waals surface area contributed by atoms with Crippen LogP contribution in [0.5, 0.6) is 0 Å². The van der Waals surface area contributed by atoms with Crippen LogP contribution in [0.3, 0.4) is 0 Å². The average Bonchev–Trinajstić information content (AvgIpc) is 3.27. The van der Waals surface area contributed by atoms with Gasteiger partial charge in [0.05, 0.1) is 0 Å². The number of ether oxygens (including phenoxy) is 3. The van der Waals surface area contributed by atoms with E-state index in [2.05, 4.69) is 81.5 Å². The molecule has 0 aromatic heterocycles. The zero-order valence-corrected chi connectivity index (χ0v) is 40.9. The second-order valence-corrected chi connectivity index (χ2v) is 17.4. The third-order valence-electron chi connectivity index (χ3n) is 11.3. The first-order valence-electron chi connectivity index (χ1n) is 26.3. The van der Waals surface area contributed by atoms with Gasteiger partial charge in [0, 0.05) is 19.3 Å². The molecule has 0 radical (unpaired) electrons. The van der Waals surface area contributed by atoms with Gasteiger partial charge < -0.3 is 14.2 Å². The summed E-state index contributed by atoms with van der Waals surface area (Å²) >= 11 is 0. The molecule has 0 bridgehead atoms. The Morgan fingerprint density at radius 3 is 0.984 bits per heavy atom. The van der Waals surface area contributed by atoms with Gasteiger partial charge in [-0.2, -0.15) is 0 Å². The molecule has 0 spiro atoms. The van der Waals surface area contributed by atoms with Crippen molar-refractivity contribution in [3.8, 4) is 0 Å². The summed E-state index contributed by atoms with van der Waals surface area (Å²) in [6.07, 6.45) is 62.1. The highest BCUT2D eigenvalue weighted by atomic mass is 16.6. The number of hydrogen-bond acceptors (Lipinski definition) is 6. The van der Waals surface area contributed by atoms with E-state index in [1.807, 2.05) is 0 Å². The maximum Gasteiger partial charge on any atom is 0.306 e. The lowest BCUT2D eigenvalue weighted by Crippen LogP contribution is -2.30. The number of rotatable bonds is 47. The summed E-state index contributed by atoms with van der Waals surface area (Å²) in [5.74, 6) is -0.918. The molecule has 0 saturated carbocycles. The Kier molecular flexibility index (Phi) is 48.4. The number of carbonyl (C=O) groups excluding carboxylic acids is 3. The monoisotopic (exact) mass is 867 g/mol. The molecule has 1 atom stereocenters. The summed E-state index contributed by atoms with van der Waals surface area (Å²) in [4.78, 5) is 38.0. The topological polar surface area (TPSA) is 78.9 Å². The lowest BCUT2D eigenvalue weighted by atomic mass is 10.0. The Bertz CT molecular complexity index is 1130. The van der Waals surface area contributed by atoms with E-state index in [-0.39, 0.29) is 31.1 Å². The summed E-state index contributed by atoms with van der Waals surface area (Å²) in [6, 6.07) is 0. The van der Waals surface area contributed by atoms with Gasteiger partial charge >= 0.3 is 17.9 Å². The smallest absolute Gasteiger partial charge is 0.306 e. The van der Waals surface area contributed by atoms with Crippen molar-refractivity contribution in [1.29, 1.82) is 0 Å². The molecule has 0 aliphatic rings. The fraction of sp³-hybridized carbons (Fsp3) is 0.768. The number of unbranched alkanes of at least 4 members (excludes halogenated alkanes) is 26. The Morgan fingerprint density at radius 1 is 0.339 bits per heavy atom. The van der Waals surface area contributed by atoms with Crippen LogP contribution in [0.4, 0.5) is 0 Å². The van der Waals surface area contributed by atoms with Crippen molar-refractivity contribution in [2.75, 3.05) is 13.2 Å². The summed E-state index contributed by atoms with van der Waals surface area (Å²) in [5, 5.41) is 0. The van der Waals surface area contributed by atoms with E-state index in [4.69, 9.17) is 14.2 Å². The van der Waals surface area contributed by atoms with Crippen LogP contribution < -0.4 is 0 Å². The molecule has 0 rings (SSSR count). The van der Waals surface area contributed by atoms with Crippen LogP contribution in [0, 0.1) is 0 Å². The quantitative estimate of drug-likeness (QED) is 0.0262. The Hall–Kier alpha value is -2.89. The molecule has 358 valence electrons. The Morgan fingerprint density at radius 2 is 0.629 bits per heavy atom. The van der Waals surface area contributed by atoms with Crippen molar-refractivity contribution < 1.29 is 28.6 Å². The van der Waals surface area contributed by atoms with Gasteiger partial charge in [-0.3, -0.25) is 14.4 Å². The van der Waals surface area contributed by atoms with Gasteiger partial charge in [-0.1, -0.05) is 223 Å². The van der Waals surface area contributed by atoms with E-state index in [9.17, 15) is 14.4 Å². The largest absolute Gasteiger partial charge is 0.462 e. The van der Waals surface area contributed by atoms with Crippen molar-refractivity contribution in [3.05, 3.63) is 60.8 Å². The van der Waals surface area contributed by atoms with Gasteiger partial charge in [-0.05, 0) is 77.0 Å². The highest BCUT2D eigenvalue weighted by molar-refractivity contribution is 5.71. The molecule has 0 fully saturated rings. The minimum atomic E-state index is -0.789. The SMILES string of the molecule is CC/C=C\C/C=C\C/C=C\CCCCCCC(=O)OC(COC(=O)CCCCCCC/C=C\C/C=C\CC)COC(=O)CCCCCCCCCCCCCCCCCCCC. The second kappa shape index (κ2) is 50.8. The molecule has 62 heavy (non-hydrogen) atoms. The Balaban J connectivity index is 4.36. The highest BCUT2D eigenvalue weighted by Crippen LogP contribution is 2.16. The molecule has 6 nitrogen and oxygen atoms in total. The number of esters is 3. The van der Waals surface area contributed by atoms with Gasteiger partial charge in [-0.15, -0.1) is 0 Å². The van der Waals surface area contributed by atoms with Gasteiger partial charge in [0.1, 0.15) is 13.2 Å². The highest BCUT2D eigenvalue weighted by Gasteiger charge is 2.19. The minimum absolute atomic E-state index is 0.0861. The van der Waals surface area contributed by atoms with Gasteiger partial charge in [0.25, 0.3) is 0 Å². The molecule has 0 N–H and O–H groups in total. The third kappa shape index (κ3) is 48.1. The van der Waals surface area contributed by atoms with Gasteiger partial charge in [0.15, 0.2) is 6.10 Å². The molecule has 6 heteroatoms. The van der Waals surface area contributed by atoms with Crippen molar-refractivity contribution >= 4 is 17.9 Å². The number of hydrogen-bond donors (Lipinski definition) is 0. The van der Waals surface area contributed by atoms with Crippen LogP contribution in [0.1, 0.15) is 258 Å². The predicted octanol–water partition coefficient (Wildman–Crippen LogP) is 17.3. The summed E-state index contributed by atoms with van der Waals surface area (Å²) < 4.78 is 16.8. The molecule has 0 heterocycles. The van der Waals surface area contributed by atoms with Crippen molar-refractivity contribution in [2.45, 2.75) is 264 Å². The lowest BCUT2D eigenvalue weighted by Gasteiger charge is -2.18. The molecule has 0 aliphatic heterocycles. The first kappa shape index (κ1) is 59.1. The van der Waals surface area contributed by atoms with E-state index in [0.717, 1.165) is 122 Å². The van der Waals surface area contributed by atoms with Gasteiger partial charge in [0.2, 0.25) is 0 Å². The zero-order chi connectivity index (χ0) is 45.1. The average molecular weight is 867 g/mol. The van der Waals surface area contributed by atoms with Crippen LogP contribution in [0.15, 0.2) is 60.8 Å². The second-order valence-electron chi connectivity index (χ2n) is 17.4. The molecule has 0 aliphatic carbocycles. The van der Waals surface area contributed by atoms with Crippen LogP contribution >= 0.6 is 0 Å².